The number of carbonyl (C=O) groups excluding carboxylic acids is 1. The van der Waals surface area contributed by atoms with Crippen LogP contribution < -0.4 is 26.4 Å². The molecule has 0 fully saturated rings. The minimum Gasteiger partial charge on any atom is -0.434 e. The third-order valence-corrected chi connectivity index (χ3v) is 5.11. The van der Waals surface area contributed by atoms with Crippen LogP contribution in [0.5, 0.6) is 11.6 Å². The number of aromatic amines is 1. The maximum Gasteiger partial charge on any atom is 0.347 e. The third-order valence-electron chi connectivity index (χ3n) is 4.32. The second-order valence-electron chi connectivity index (χ2n) is 6.51. The number of aromatic nitrogens is 2. The summed E-state index contributed by atoms with van der Waals surface area (Å²) in [6.45, 7) is 3.58. The molecule has 1 aliphatic heterocycles. The van der Waals surface area contributed by atoms with Crippen LogP contribution in [0.2, 0.25) is 15.1 Å². The topological polar surface area (TPSA) is 126 Å². The van der Waals surface area contributed by atoms with Gasteiger partial charge in [-0.1, -0.05) is 53.5 Å². The summed E-state index contributed by atoms with van der Waals surface area (Å²) in [5.41, 5.74) is 6.58. The average molecular weight is 492 g/mol. The highest BCUT2D eigenvalue weighted by Gasteiger charge is 2.25. The Hall–Kier alpha value is -3.53. The minimum atomic E-state index is -0.585. The lowest BCUT2D eigenvalue weighted by Gasteiger charge is -2.24. The summed E-state index contributed by atoms with van der Waals surface area (Å²) in [4.78, 5) is 24.4. The molecule has 0 bridgehead atoms. The molecule has 4 N–H and O–H groups in total. The Kier molecular flexibility index (Phi) is 5.79. The first-order chi connectivity index (χ1) is 15.2. The van der Waals surface area contributed by atoms with Crippen molar-refractivity contribution in [2.45, 2.75) is 0 Å². The molecule has 0 spiro atoms. The lowest BCUT2D eigenvalue weighted by molar-refractivity contribution is 0.248. The van der Waals surface area contributed by atoms with Crippen molar-refractivity contribution in [3.05, 3.63) is 80.2 Å². The van der Waals surface area contributed by atoms with Crippen molar-refractivity contribution in [2.75, 3.05) is 5.01 Å². The van der Waals surface area contributed by atoms with Crippen LogP contribution >= 0.6 is 34.8 Å². The molecular formula is C20H13Cl3N6O3. The number of nitrogens with zero attached hydrogens (tertiary/aromatic N) is 3. The highest BCUT2D eigenvalue weighted by Crippen LogP contribution is 2.40. The maximum atomic E-state index is 12.2. The number of halogens is 3. The predicted octanol–water partition coefficient (Wildman–Crippen LogP) is 4.50. The fraction of sp³-hybridized carbons (Fsp3) is 0. The van der Waals surface area contributed by atoms with E-state index in [1.165, 1.54) is 18.2 Å². The van der Waals surface area contributed by atoms with Crippen LogP contribution in [0.25, 0.3) is 11.1 Å². The summed E-state index contributed by atoms with van der Waals surface area (Å²) in [7, 11) is 0. The molecule has 0 saturated carbocycles. The lowest BCUT2D eigenvalue weighted by atomic mass is 10.1. The van der Waals surface area contributed by atoms with Crippen molar-refractivity contribution in [1.29, 1.82) is 0 Å². The smallest absolute Gasteiger partial charge is 0.347 e. The van der Waals surface area contributed by atoms with Gasteiger partial charge in [-0.2, -0.15) is 5.01 Å². The van der Waals surface area contributed by atoms with Gasteiger partial charge < -0.3 is 15.8 Å². The standard InChI is InChI=1S/C20H13Cl3N6O3/c1-9-18(24)28-29(20(31)25-9)12-6-14(22)17(15(23)7-12)32-16-8-13(19(30)27-26-16)10-3-2-4-11(21)5-10/h2-8H,1H2,(H2,24,28)(H,25,31)(H,27,30). The first kappa shape index (κ1) is 21.7. The molecule has 4 rings (SSSR count). The number of nitrogens with one attached hydrogen (secondary N) is 2. The number of ether oxygens (including phenoxy) is 1. The number of nitrogens with two attached hydrogens (primary N) is 1. The molecule has 1 aliphatic rings. The second kappa shape index (κ2) is 8.54. The molecule has 3 aromatic rings. The number of benzene rings is 2. The third kappa shape index (κ3) is 4.26. The van der Waals surface area contributed by atoms with Gasteiger partial charge in [0.25, 0.3) is 5.56 Å². The van der Waals surface area contributed by atoms with E-state index in [1.807, 2.05) is 0 Å². The molecular weight excluding hydrogens is 479 g/mol. The highest BCUT2D eigenvalue weighted by atomic mass is 35.5. The number of H-pyrrole nitrogens is 1. The van der Waals surface area contributed by atoms with Crippen molar-refractivity contribution in [3.63, 3.8) is 0 Å². The van der Waals surface area contributed by atoms with E-state index in [2.05, 4.69) is 27.2 Å². The van der Waals surface area contributed by atoms with E-state index in [-0.39, 0.29) is 44.5 Å². The van der Waals surface area contributed by atoms with E-state index in [9.17, 15) is 9.59 Å². The molecule has 32 heavy (non-hydrogen) atoms. The fourth-order valence-corrected chi connectivity index (χ4v) is 3.56. The Morgan fingerprint density at radius 1 is 1.06 bits per heavy atom. The number of carbonyl (C=O) groups is 1. The van der Waals surface area contributed by atoms with Crippen LogP contribution in [0.1, 0.15) is 0 Å². The molecule has 162 valence electrons. The van der Waals surface area contributed by atoms with Gasteiger partial charge in [-0.15, -0.1) is 10.2 Å². The van der Waals surface area contributed by atoms with Crippen molar-refractivity contribution >= 4 is 52.4 Å². The number of urea groups is 1. The number of rotatable bonds is 4. The fourth-order valence-electron chi connectivity index (χ4n) is 2.82. The lowest BCUT2D eigenvalue weighted by Crippen LogP contribution is -2.45. The van der Waals surface area contributed by atoms with Gasteiger partial charge in [0.05, 0.1) is 27.0 Å². The van der Waals surface area contributed by atoms with Crippen LogP contribution in [0, 0.1) is 0 Å². The van der Waals surface area contributed by atoms with Crippen LogP contribution in [0.4, 0.5) is 10.5 Å². The number of hydrogen-bond acceptors (Lipinski definition) is 6. The number of amides is 2. The van der Waals surface area contributed by atoms with E-state index in [0.29, 0.717) is 10.6 Å². The minimum absolute atomic E-state index is 0.0307. The second-order valence-corrected chi connectivity index (χ2v) is 7.76. The molecule has 2 heterocycles. The van der Waals surface area contributed by atoms with Crippen molar-refractivity contribution in [3.8, 4) is 22.8 Å². The van der Waals surface area contributed by atoms with Gasteiger partial charge in [0.1, 0.15) is 0 Å². The molecule has 1 aromatic heterocycles. The van der Waals surface area contributed by atoms with Gasteiger partial charge in [-0.3, -0.25) is 4.79 Å². The van der Waals surface area contributed by atoms with Crippen LogP contribution in [0.15, 0.2) is 64.6 Å². The number of anilines is 1. The van der Waals surface area contributed by atoms with Gasteiger partial charge in [0.15, 0.2) is 11.6 Å². The Morgan fingerprint density at radius 3 is 2.47 bits per heavy atom. The zero-order chi connectivity index (χ0) is 23.0. The van der Waals surface area contributed by atoms with Gasteiger partial charge in [-0.05, 0) is 29.8 Å². The predicted molar refractivity (Wildman–Crippen MR) is 124 cm³/mol. The summed E-state index contributed by atoms with van der Waals surface area (Å²) in [5.74, 6) is 0.126. The molecule has 12 heteroatoms. The number of amidine groups is 1. The quantitative estimate of drug-likeness (QED) is 0.495. The molecule has 0 atom stereocenters. The molecule has 0 saturated heterocycles. The van der Waals surface area contributed by atoms with Crippen LogP contribution in [-0.4, -0.2) is 22.1 Å². The Labute approximate surface area is 196 Å². The SMILES string of the molecule is C=C1NC(=O)N(c2cc(Cl)c(Oc3cc(-c4cccc(Cl)c4)c(=O)[nH]n3)c(Cl)c2)N=C1N. The van der Waals surface area contributed by atoms with Crippen molar-refractivity contribution < 1.29 is 9.53 Å². The molecule has 2 aromatic carbocycles. The molecule has 0 aliphatic carbocycles. The zero-order valence-electron chi connectivity index (χ0n) is 16.0. The van der Waals surface area contributed by atoms with E-state index < -0.39 is 11.6 Å². The van der Waals surface area contributed by atoms with Crippen molar-refractivity contribution in [2.24, 2.45) is 10.8 Å². The van der Waals surface area contributed by atoms with E-state index in [1.54, 1.807) is 24.3 Å². The largest absolute Gasteiger partial charge is 0.434 e. The van der Waals surface area contributed by atoms with Gasteiger partial charge in [0, 0.05) is 11.1 Å². The molecule has 0 unspecified atom stereocenters. The number of hydrazone groups is 1. The van der Waals surface area contributed by atoms with Gasteiger partial charge in [0.2, 0.25) is 5.88 Å². The summed E-state index contributed by atoms with van der Waals surface area (Å²) >= 11 is 18.7. The Bertz CT molecular complexity index is 1330. The maximum absolute atomic E-state index is 12.2. The first-order valence-corrected chi connectivity index (χ1v) is 10.0. The highest BCUT2D eigenvalue weighted by molar-refractivity contribution is 6.37. The summed E-state index contributed by atoms with van der Waals surface area (Å²) in [6.07, 6.45) is 0. The van der Waals surface area contributed by atoms with E-state index >= 15 is 0 Å². The van der Waals surface area contributed by atoms with Gasteiger partial charge in [-0.25, -0.2) is 9.89 Å². The summed E-state index contributed by atoms with van der Waals surface area (Å²) in [5, 5.41) is 14.3. The van der Waals surface area contributed by atoms with Crippen LogP contribution in [-0.2, 0) is 0 Å². The molecule has 9 nitrogen and oxygen atoms in total. The Balaban J connectivity index is 1.68. The zero-order valence-corrected chi connectivity index (χ0v) is 18.3. The average Bonchev–Trinajstić information content (AvgIpc) is 2.74. The Morgan fingerprint density at radius 2 is 1.78 bits per heavy atom. The normalized spacial score (nSPS) is 13.6. The van der Waals surface area contributed by atoms with E-state index in [0.717, 1.165) is 5.01 Å². The number of hydrogen-bond donors (Lipinski definition) is 3. The van der Waals surface area contributed by atoms with Crippen molar-refractivity contribution in [1.82, 2.24) is 15.5 Å². The molecule has 2 amide bonds. The monoisotopic (exact) mass is 490 g/mol. The van der Waals surface area contributed by atoms with Gasteiger partial charge >= 0.3 is 6.03 Å². The van der Waals surface area contributed by atoms with Crippen LogP contribution in [0.3, 0.4) is 0 Å². The summed E-state index contributed by atoms with van der Waals surface area (Å²) < 4.78 is 5.72. The molecule has 0 radical (unpaired) electrons. The first-order valence-electron chi connectivity index (χ1n) is 8.90. The summed E-state index contributed by atoms with van der Waals surface area (Å²) in [6, 6.07) is 10.4. The van der Waals surface area contributed by atoms with E-state index in [4.69, 9.17) is 45.3 Å².